The Labute approximate surface area is 185 Å². The summed E-state index contributed by atoms with van der Waals surface area (Å²) < 4.78 is 1.21. The lowest BCUT2D eigenvalue weighted by atomic mass is 9.98. The first kappa shape index (κ1) is 22.6. The summed E-state index contributed by atoms with van der Waals surface area (Å²) in [6.07, 6.45) is 1.76. The molecule has 1 unspecified atom stereocenters. The largest absolute Gasteiger partial charge is 0.505 e. The number of carboxylic acids is 1. The first-order chi connectivity index (χ1) is 15.2. The van der Waals surface area contributed by atoms with E-state index < -0.39 is 23.6 Å². The standard InChI is InChI=1S/C24H25N3O5/c1-15-4-3-5-17(12-15)13-16-6-8-18(9-7-16)19(14-21(29)30)25-24(32)26-22-20(28)10-11-27(2)23(22)31/h3-12,19,28H,13-14H2,1-2H3,(H,29,30)(H2,25,26,32). The zero-order valence-electron chi connectivity index (χ0n) is 17.8. The van der Waals surface area contributed by atoms with Crippen molar-refractivity contribution in [1.82, 2.24) is 9.88 Å². The van der Waals surface area contributed by atoms with Gasteiger partial charge in [0.25, 0.3) is 5.56 Å². The third-order valence-electron chi connectivity index (χ3n) is 5.04. The van der Waals surface area contributed by atoms with Crippen molar-refractivity contribution in [3.8, 4) is 5.75 Å². The number of aromatic hydroxyl groups is 1. The molecule has 32 heavy (non-hydrogen) atoms. The molecule has 3 rings (SSSR count). The van der Waals surface area contributed by atoms with E-state index in [2.05, 4.69) is 16.7 Å². The molecule has 4 N–H and O–H groups in total. The zero-order chi connectivity index (χ0) is 23.3. The third kappa shape index (κ3) is 5.75. The average Bonchev–Trinajstić information content (AvgIpc) is 2.74. The zero-order valence-corrected chi connectivity index (χ0v) is 17.8. The van der Waals surface area contributed by atoms with Crippen LogP contribution in [-0.2, 0) is 18.3 Å². The third-order valence-corrected chi connectivity index (χ3v) is 5.04. The van der Waals surface area contributed by atoms with Gasteiger partial charge >= 0.3 is 12.0 Å². The Bertz CT molecular complexity index is 1180. The molecule has 0 aliphatic carbocycles. The van der Waals surface area contributed by atoms with Gasteiger partial charge in [-0.05, 0) is 36.1 Å². The Morgan fingerprint density at radius 2 is 1.78 bits per heavy atom. The van der Waals surface area contributed by atoms with E-state index in [1.54, 1.807) is 12.1 Å². The molecule has 0 bridgehead atoms. The van der Waals surface area contributed by atoms with E-state index >= 15 is 0 Å². The predicted molar refractivity (Wildman–Crippen MR) is 121 cm³/mol. The van der Waals surface area contributed by atoms with E-state index in [4.69, 9.17) is 0 Å². The SMILES string of the molecule is Cc1cccc(Cc2ccc(C(CC(=O)O)NC(=O)Nc3c(O)ccn(C)c3=O)cc2)c1. The minimum Gasteiger partial charge on any atom is -0.505 e. The lowest BCUT2D eigenvalue weighted by molar-refractivity contribution is -0.137. The average molecular weight is 435 g/mol. The van der Waals surface area contributed by atoms with Gasteiger partial charge in [-0.25, -0.2) is 4.79 Å². The number of anilines is 1. The Morgan fingerprint density at radius 3 is 2.44 bits per heavy atom. The summed E-state index contributed by atoms with van der Waals surface area (Å²) in [5.74, 6) is -1.46. The molecule has 0 radical (unpaired) electrons. The molecule has 1 aromatic heterocycles. The second kappa shape index (κ2) is 9.82. The van der Waals surface area contributed by atoms with Crippen LogP contribution in [-0.4, -0.2) is 26.8 Å². The van der Waals surface area contributed by atoms with Crippen molar-refractivity contribution < 1.29 is 19.8 Å². The molecular weight excluding hydrogens is 410 g/mol. The molecule has 1 atom stereocenters. The number of amides is 2. The lowest BCUT2D eigenvalue weighted by Crippen LogP contribution is -2.35. The molecule has 0 fully saturated rings. The topological polar surface area (TPSA) is 121 Å². The fraction of sp³-hybridized carbons (Fsp3) is 0.208. The van der Waals surface area contributed by atoms with Crippen LogP contribution in [0.5, 0.6) is 5.75 Å². The molecule has 0 aliphatic heterocycles. The number of nitrogens with one attached hydrogen (secondary N) is 2. The highest BCUT2D eigenvalue weighted by Gasteiger charge is 2.20. The number of hydrogen-bond donors (Lipinski definition) is 4. The maximum absolute atomic E-state index is 12.5. The smallest absolute Gasteiger partial charge is 0.319 e. The highest BCUT2D eigenvalue weighted by molar-refractivity contribution is 5.91. The van der Waals surface area contributed by atoms with Gasteiger partial charge in [-0.2, -0.15) is 0 Å². The number of aromatic nitrogens is 1. The highest BCUT2D eigenvalue weighted by Crippen LogP contribution is 2.21. The molecule has 166 valence electrons. The minimum atomic E-state index is -1.09. The number of rotatable bonds is 7. The van der Waals surface area contributed by atoms with Crippen LogP contribution in [0.15, 0.2) is 65.6 Å². The first-order valence-corrected chi connectivity index (χ1v) is 10.0. The van der Waals surface area contributed by atoms with Gasteiger partial charge in [0, 0.05) is 13.2 Å². The van der Waals surface area contributed by atoms with E-state index in [1.807, 2.05) is 37.3 Å². The van der Waals surface area contributed by atoms with Crippen LogP contribution in [0.1, 0.15) is 34.7 Å². The molecule has 2 amide bonds. The predicted octanol–water partition coefficient (Wildman–Crippen LogP) is 3.33. The number of benzene rings is 2. The van der Waals surface area contributed by atoms with Crippen molar-refractivity contribution in [2.75, 3.05) is 5.32 Å². The van der Waals surface area contributed by atoms with Crippen molar-refractivity contribution in [2.24, 2.45) is 7.05 Å². The van der Waals surface area contributed by atoms with E-state index in [0.29, 0.717) is 5.56 Å². The van der Waals surface area contributed by atoms with Crippen LogP contribution in [0, 0.1) is 6.92 Å². The van der Waals surface area contributed by atoms with E-state index in [9.17, 15) is 24.6 Å². The normalized spacial score (nSPS) is 11.6. The van der Waals surface area contributed by atoms with Gasteiger partial charge in [-0.3, -0.25) is 9.59 Å². The molecule has 8 nitrogen and oxygen atoms in total. The van der Waals surface area contributed by atoms with Crippen LogP contribution in [0.25, 0.3) is 0 Å². The van der Waals surface area contributed by atoms with E-state index in [0.717, 1.165) is 12.0 Å². The number of aliphatic carboxylic acids is 1. The molecule has 0 aliphatic rings. The number of aryl methyl sites for hydroxylation is 2. The van der Waals surface area contributed by atoms with Crippen LogP contribution >= 0.6 is 0 Å². The summed E-state index contributed by atoms with van der Waals surface area (Å²) in [7, 11) is 1.48. The Balaban J connectivity index is 1.75. The lowest BCUT2D eigenvalue weighted by Gasteiger charge is -2.18. The number of hydrogen-bond acceptors (Lipinski definition) is 4. The van der Waals surface area contributed by atoms with Crippen LogP contribution < -0.4 is 16.2 Å². The quantitative estimate of drug-likeness (QED) is 0.454. The summed E-state index contributed by atoms with van der Waals surface area (Å²) in [5.41, 5.74) is 3.14. The molecule has 0 saturated carbocycles. The van der Waals surface area contributed by atoms with Gasteiger partial charge < -0.3 is 25.4 Å². The molecule has 3 aromatic rings. The fourth-order valence-electron chi connectivity index (χ4n) is 3.40. The van der Waals surface area contributed by atoms with Crippen molar-refractivity contribution in [3.05, 3.63) is 93.4 Å². The molecule has 8 heteroatoms. The molecule has 0 saturated heterocycles. The molecular formula is C24H25N3O5. The number of carbonyl (C=O) groups excluding carboxylic acids is 1. The van der Waals surface area contributed by atoms with E-state index in [-0.39, 0.29) is 17.9 Å². The van der Waals surface area contributed by atoms with Crippen molar-refractivity contribution >= 4 is 17.7 Å². The summed E-state index contributed by atoms with van der Waals surface area (Å²) in [6, 6.07) is 15.2. The maximum Gasteiger partial charge on any atom is 0.319 e. The fourth-order valence-corrected chi connectivity index (χ4v) is 3.40. The number of pyridine rings is 1. The highest BCUT2D eigenvalue weighted by atomic mass is 16.4. The van der Waals surface area contributed by atoms with Gasteiger partial charge in [0.1, 0.15) is 5.75 Å². The van der Waals surface area contributed by atoms with E-state index in [1.165, 1.54) is 35.0 Å². The second-order valence-corrected chi connectivity index (χ2v) is 7.65. The van der Waals surface area contributed by atoms with Gasteiger partial charge in [0.2, 0.25) is 0 Å². The summed E-state index contributed by atoms with van der Waals surface area (Å²) in [4.78, 5) is 35.9. The van der Waals surface area contributed by atoms with Crippen molar-refractivity contribution in [2.45, 2.75) is 25.8 Å². The van der Waals surface area contributed by atoms with Gasteiger partial charge in [-0.15, -0.1) is 0 Å². The van der Waals surface area contributed by atoms with Gasteiger partial charge in [-0.1, -0.05) is 54.1 Å². The van der Waals surface area contributed by atoms with Gasteiger partial charge in [0.15, 0.2) is 5.69 Å². The molecule has 1 heterocycles. The van der Waals surface area contributed by atoms with Crippen molar-refractivity contribution in [1.29, 1.82) is 0 Å². The second-order valence-electron chi connectivity index (χ2n) is 7.65. The number of carboxylic acid groups (broad SMARTS) is 1. The first-order valence-electron chi connectivity index (χ1n) is 10.0. The van der Waals surface area contributed by atoms with Crippen molar-refractivity contribution in [3.63, 3.8) is 0 Å². The summed E-state index contributed by atoms with van der Waals surface area (Å²) in [6.45, 7) is 2.03. The van der Waals surface area contributed by atoms with Gasteiger partial charge in [0.05, 0.1) is 12.5 Å². The Hall–Kier alpha value is -4.07. The van der Waals surface area contributed by atoms with Crippen LogP contribution in [0.2, 0.25) is 0 Å². The Morgan fingerprint density at radius 1 is 1.06 bits per heavy atom. The minimum absolute atomic E-state index is 0.282. The molecule has 0 spiro atoms. The monoisotopic (exact) mass is 435 g/mol. The van der Waals surface area contributed by atoms with Crippen LogP contribution in [0.4, 0.5) is 10.5 Å². The summed E-state index contributed by atoms with van der Waals surface area (Å²) in [5, 5.41) is 24.1. The van der Waals surface area contributed by atoms with Crippen LogP contribution in [0.3, 0.4) is 0 Å². The number of urea groups is 1. The summed E-state index contributed by atoms with van der Waals surface area (Å²) >= 11 is 0. The number of carbonyl (C=O) groups is 2. The maximum atomic E-state index is 12.5. The Kier molecular flexibility index (Phi) is 6.94. The number of nitrogens with zero attached hydrogens (tertiary/aromatic N) is 1. The molecule has 2 aromatic carbocycles.